The fourth-order valence-electron chi connectivity index (χ4n) is 3.17. The first-order valence-corrected chi connectivity index (χ1v) is 10.5. The van der Waals surface area contributed by atoms with Gasteiger partial charge < -0.3 is 9.30 Å². The fraction of sp³-hybridized carbons (Fsp3) is 0.150. The molecule has 0 saturated carbocycles. The highest BCUT2D eigenvalue weighted by atomic mass is 32.2. The number of non-ortho nitro benzene ring substituents is 1. The molecule has 2 N–H and O–H groups in total. The highest BCUT2D eigenvalue weighted by Gasteiger charge is 2.19. The number of nitrogens with two attached hydrogens (primary N) is 1. The number of carbonyl (C=O) groups excluding carboxylic acids is 1. The van der Waals surface area contributed by atoms with E-state index >= 15 is 0 Å². The van der Waals surface area contributed by atoms with Gasteiger partial charge in [0.05, 0.1) is 15.9 Å². The number of sulfonamides is 1. The number of carbonyl (C=O) groups is 1. The number of nitrogens with zero attached hydrogens (tertiary/aromatic N) is 2. The molecule has 2 aromatic carbocycles. The highest BCUT2D eigenvalue weighted by Crippen LogP contribution is 2.25. The van der Waals surface area contributed by atoms with E-state index in [4.69, 9.17) is 9.88 Å². The second-order valence-electron chi connectivity index (χ2n) is 6.74. The molecule has 0 spiro atoms. The lowest BCUT2D eigenvalue weighted by Gasteiger charge is -2.11. The Labute approximate surface area is 177 Å². The minimum Gasteiger partial charge on any atom is -0.482 e. The van der Waals surface area contributed by atoms with E-state index in [1.165, 1.54) is 12.1 Å². The topological polar surface area (TPSA) is 135 Å². The van der Waals surface area contributed by atoms with Crippen molar-refractivity contribution in [1.82, 2.24) is 4.57 Å². The summed E-state index contributed by atoms with van der Waals surface area (Å²) < 4.78 is 43.8. The first-order valence-electron chi connectivity index (χ1n) is 8.91. The Balaban J connectivity index is 1.81. The first kappa shape index (κ1) is 22.1. The Morgan fingerprint density at radius 2 is 1.81 bits per heavy atom. The normalized spacial score (nSPS) is 11.4. The fourth-order valence-corrected chi connectivity index (χ4v) is 3.68. The summed E-state index contributed by atoms with van der Waals surface area (Å²) in [6.07, 6.45) is 0. The van der Waals surface area contributed by atoms with Crippen LogP contribution < -0.4 is 9.88 Å². The lowest BCUT2D eigenvalue weighted by Crippen LogP contribution is -2.13. The number of halogens is 1. The minimum atomic E-state index is -3.82. The number of aryl methyl sites for hydroxylation is 1. The number of primary sulfonamides is 1. The number of ketones is 1. The number of hydrogen-bond donors (Lipinski definition) is 1. The van der Waals surface area contributed by atoms with Gasteiger partial charge in [-0.2, -0.15) is 0 Å². The monoisotopic (exact) mass is 447 g/mol. The van der Waals surface area contributed by atoms with Crippen molar-refractivity contribution in [1.29, 1.82) is 0 Å². The van der Waals surface area contributed by atoms with E-state index in [0.717, 1.165) is 18.2 Å². The zero-order valence-electron chi connectivity index (χ0n) is 16.5. The van der Waals surface area contributed by atoms with E-state index < -0.39 is 38.8 Å². The summed E-state index contributed by atoms with van der Waals surface area (Å²) in [5, 5.41) is 15.8. The van der Waals surface area contributed by atoms with Gasteiger partial charge in [0.2, 0.25) is 15.8 Å². The zero-order chi connectivity index (χ0) is 22.9. The molecule has 0 bridgehead atoms. The van der Waals surface area contributed by atoms with Crippen LogP contribution in [0.15, 0.2) is 53.4 Å². The number of hydrogen-bond acceptors (Lipinski definition) is 6. The number of benzene rings is 2. The summed E-state index contributed by atoms with van der Waals surface area (Å²) in [5.41, 5.74) is 1.84. The molecular formula is C20H18FN3O6S. The average Bonchev–Trinajstić information content (AvgIpc) is 3.00. The molecular weight excluding hydrogens is 429 g/mol. The SMILES string of the molecule is Cc1cc(C(=O)COc2ccc([N+](=O)[O-])cc2F)c(C)n1-c1ccc(S(N)(=O)=O)cc1. The van der Waals surface area contributed by atoms with Crippen molar-refractivity contribution in [2.24, 2.45) is 5.14 Å². The average molecular weight is 447 g/mol. The molecule has 31 heavy (non-hydrogen) atoms. The van der Waals surface area contributed by atoms with Gasteiger partial charge in [-0.05, 0) is 50.2 Å². The largest absolute Gasteiger partial charge is 0.482 e. The van der Waals surface area contributed by atoms with Gasteiger partial charge >= 0.3 is 0 Å². The Morgan fingerprint density at radius 1 is 1.16 bits per heavy atom. The Bertz CT molecular complexity index is 1280. The van der Waals surface area contributed by atoms with Gasteiger partial charge in [-0.3, -0.25) is 14.9 Å². The highest BCUT2D eigenvalue weighted by molar-refractivity contribution is 7.89. The van der Waals surface area contributed by atoms with Crippen LogP contribution in [-0.4, -0.2) is 30.3 Å². The molecule has 0 aliphatic rings. The molecule has 162 valence electrons. The summed E-state index contributed by atoms with van der Waals surface area (Å²) in [6, 6.07) is 10.4. The molecule has 0 radical (unpaired) electrons. The number of Topliss-reactive ketones (excluding diaryl/α,β-unsaturated/α-hetero) is 1. The zero-order valence-corrected chi connectivity index (χ0v) is 17.3. The third-order valence-electron chi connectivity index (χ3n) is 4.64. The van der Waals surface area contributed by atoms with Gasteiger partial charge in [-0.15, -0.1) is 0 Å². The number of rotatable bonds is 7. The van der Waals surface area contributed by atoms with Gasteiger partial charge in [0.1, 0.15) is 0 Å². The molecule has 1 aromatic heterocycles. The number of nitro benzene ring substituents is 1. The summed E-state index contributed by atoms with van der Waals surface area (Å²) >= 11 is 0. The van der Waals surface area contributed by atoms with E-state index in [2.05, 4.69) is 0 Å². The van der Waals surface area contributed by atoms with E-state index in [1.807, 2.05) is 0 Å². The van der Waals surface area contributed by atoms with Crippen molar-refractivity contribution in [3.63, 3.8) is 0 Å². The summed E-state index contributed by atoms with van der Waals surface area (Å²) in [6.45, 7) is 3.01. The first-order chi connectivity index (χ1) is 14.5. The second-order valence-corrected chi connectivity index (χ2v) is 8.30. The lowest BCUT2D eigenvalue weighted by atomic mass is 10.1. The van der Waals surface area contributed by atoms with Crippen LogP contribution in [0.3, 0.4) is 0 Å². The molecule has 0 fully saturated rings. The Morgan fingerprint density at radius 3 is 2.35 bits per heavy atom. The van der Waals surface area contributed by atoms with Crippen LogP contribution in [0.1, 0.15) is 21.7 Å². The predicted molar refractivity (Wildman–Crippen MR) is 109 cm³/mol. The van der Waals surface area contributed by atoms with Crippen molar-refractivity contribution in [3.05, 3.63) is 81.4 Å². The lowest BCUT2D eigenvalue weighted by molar-refractivity contribution is -0.385. The summed E-state index contributed by atoms with van der Waals surface area (Å²) in [4.78, 5) is 22.6. The van der Waals surface area contributed by atoms with Gasteiger partial charge in [0.25, 0.3) is 5.69 Å². The number of ether oxygens (including phenoxy) is 1. The van der Waals surface area contributed by atoms with Crippen LogP contribution in [-0.2, 0) is 10.0 Å². The van der Waals surface area contributed by atoms with Crippen LogP contribution in [0.4, 0.5) is 10.1 Å². The Hall–Kier alpha value is -3.57. The maximum absolute atomic E-state index is 14.0. The van der Waals surface area contributed by atoms with Crippen molar-refractivity contribution < 1.29 is 27.3 Å². The molecule has 9 nitrogen and oxygen atoms in total. The van der Waals surface area contributed by atoms with Gasteiger partial charge in [-0.1, -0.05) is 0 Å². The minimum absolute atomic E-state index is 0.0338. The molecule has 0 aliphatic heterocycles. The molecule has 0 amide bonds. The molecule has 11 heteroatoms. The Kier molecular flexibility index (Phi) is 5.91. The van der Waals surface area contributed by atoms with Crippen LogP contribution in [0.5, 0.6) is 5.75 Å². The number of aromatic nitrogens is 1. The van der Waals surface area contributed by atoms with Gasteiger partial charge in [0.15, 0.2) is 18.2 Å². The van der Waals surface area contributed by atoms with Crippen molar-refractivity contribution >= 4 is 21.5 Å². The molecule has 1 heterocycles. The van der Waals surface area contributed by atoms with Crippen molar-refractivity contribution in [2.45, 2.75) is 18.7 Å². The van der Waals surface area contributed by atoms with Crippen molar-refractivity contribution in [3.8, 4) is 11.4 Å². The van der Waals surface area contributed by atoms with Gasteiger partial charge in [-0.25, -0.2) is 17.9 Å². The van der Waals surface area contributed by atoms with Crippen molar-refractivity contribution in [2.75, 3.05) is 6.61 Å². The predicted octanol–water partition coefficient (Wildman–Crippen LogP) is 3.05. The smallest absolute Gasteiger partial charge is 0.272 e. The van der Waals surface area contributed by atoms with E-state index in [9.17, 15) is 27.7 Å². The van der Waals surface area contributed by atoms with E-state index in [0.29, 0.717) is 22.6 Å². The second kappa shape index (κ2) is 8.28. The molecule has 3 aromatic rings. The molecule has 0 saturated heterocycles. The number of nitro groups is 1. The van der Waals surface area contributed by atoms with Crippen LogP contribution in [0, 0.1) is 29.8 Å². The van der Waals surface area contributed by atoms with Crippen LogP contribution >= 0.6 is 0 Å². The molecule has 0 unspecified atom stereocenters. The quantitative estimate of drug-likeness (QED) is 0.336. The standard InChI is InChI=1S/C20H18FN3O6S/c1-12-9-17(13(2)23(12)14-3-6-16(7-4-14)31(22,28)29)19(25)11-30-20-8-5-15(24(26)27)10-18(20)21/h3-10H,11H2,1-2H3,(H2,22,28,29). The van der Waals surface area contributed by atoms with Crippen LogP contribution in [0.25, 0.3) is 5.69 Å². The summed E-state index contributed by atoms with van der Waals surface area (Å²) in [5.74, 6) is -1.63. The maximum Gasteiger partial charge on any atom is 0.272 e. The third kappa shape index (κ3) is 4.62. The summed E-state index contributed by atoms with van der Waals surface area (Å²) in [7, 11) is -3.82. The van der Waals surface area contributed by atoms with Gasteiger partial charge in [0, 0.05) is 28.7 Å². The maximum atomic E-state index is 14.0. The van der Waals surface area contributed by atoms with E-state index in [1.54, 1.807) is 36.6 Å². The third-order valence-corrected chi connectivity index (χ3v) is 5.57. The molecule has 0 aliphatic carbocycles. The molecule has 3 rings (SSSR count). The molecule has 0 atom stereocenters. The van der Waals surface area contributed by atoms with Crippen LogP contribution in [0.2, 0.25) is 0 Å². The van der Waals surface area contributed by atoms with E-state index in [-0.39, 0.29) is 10.6 Å².